The summed E-state index contributed by atoms with van der Waals surface area (Å²) in [5.41, 5.74) is 3.39. The first-order chi connectivity index (χ1) is 18.8. The van der Waals surface area contributed by atoms with E-state index < -0.39 is 17.7 Å². The number of hydrogen-bond acceptors (Lipinski definition) is 5. The van der Waals surface area contributed by atoms with Gasteiger partial charge in [-0.1, -0.05) is 54.6 Å². The summed E-state index contributed by atoms with van der Waals surface area (Å²) in [7, 11) is 0. The number of aromatic nitrogens is 2. The molecule has 0 spiro atoms. The maximum absolute atomic E-state index is 12.9. The number of carboxylic acid groups (broad SMARTS) is 1. The fraction of sp³-hybridized carbons (Fsp3) is 0.452. The third kappa shape index (κ3) is 5.30. The first-order valence-electron chi connectivity index (χ1n) is 13.9. The van der Waals surface area contributed by atoms with Crippen molar-refractivity contribution in [3.8, 4) is 11.1 Å². The van der Waals surface area contributed by atoms with Crippen LogP contribution in [0.5, 0.6) is 0 Å². The molecule has 39 heavy (non-hydrogen) atoms. The molecule has 2 aliphatic carbocycles. The summed E-state index contributed by atoms with van der Waals surface area (Å²) in [4.78, 5) is 24.3. The molecule has 0 radical (unpaired) electrons. The van der Waals surface area contributed by atoms with Crippen molar-refractivity contribution in [3.63, 3.8) is 0 Å². The Bertz CT molecular complexity index is 1320. The monoisotopic (exact) mass is 529 g/mol. The molecule has 2 saturated heterocycles. The zero-order valence-electron chi connectivity index (χ0n) is 22.3. The van der Waals surface area contributed by atoms with Gasteiger partial charge in [-0.25, -0.2) is 9.48 Å². The lowest BCUT2D eigenvalue weighted by Crippen LogP contribution is -2.54. The summed E-state index contributed by atoms with van der Waals surface area (Å²) in [6, 6.07) is 18.1. The zero-order valence-corrected chi connectivity index (χ0v) is 22.3. The number of rotatable bonds is 9. The van der Waals surface area contributed by atoms with Gasteiger partial charge in [0.2, 0.25) is 0 Å². The van der Waals surface area contributed by atoms with Crippen molar-refractivity contribution in [2.45, 2.75) is 75.5 Å². The van der Waals surface area contributed by atoms with Gasteiger partial charge >= 0.3 is 12.1 Å². The lowest BCUT2D eigenvalue weighted by Gasteiger charge is -2.53. The molecule has 2 saturated carbocycles. The van der Waals surface area contributed by atoms with E-state index in [4.69, 9.17) is 9.47 Å². The molecule has 4 fully saturated rings. The number of fused-ring (bicyclic) bond motifs is 3. The Morgan fingerprint density at radius 1 is 1.10 bits per heavy atom. The summed E-state index contributed by atoms with van der Waals surface area (Å²) in [5.74, 6) is 0.443. The quantitative estimate of drug-likeness (QED) is 0.336. The van der Waals surface area contributed by atoms with Crippen LogP contribution in [0.15, 0.2) is 60.8 Å². The molecule has 4 aliphatic rings. The molecule has 2 aromatic carbocycles. The molecule has 1 atom stereocenters. The predicted molar refractivity (Wildman–Crippen MR) is 146 cm³/mol. The minimum atomic E-state index is -0.793. The Labute approximate surface area is 228 Å². The summed E-state index contributed by atoms with van der Waals surface area (Å²) >= 11 is 0. The van der Waals surface area contributed by atoms with E-state index >= 15 is 0 Å². The second kappa shape index (κ2) is 10.2. The standard InChI is InChI=1S/C31H35N3O5/c1-21(23-5-3-2-4-6-23)39-29(37)33-28-26(18-32-34(28)19-22-7-8-22)24-9-11-25(12-10-24)30-13-15-31(16-14-30,38-20-30)17-27(35)36/h2-6,9-12,18,21-22H,7-8,13-17,19-20H2,1H3,(H,33,37)(H,35,36). The SMILES string of the molecule is CC(OC(=O)Nc1c(-c2ccc(C34CCC(CC(=O)O)(CC3)OC4)cc2)cnn1CC1CC1)c1ccccc1. The minimum Gasteiger partial charge on any atom is -0.481 e. The fourth-order valence-corrected chi connectivity index (χ4v) is 6.13. The van der Waals surface area contributed by atoms with Crippen LogP contribution in [0.2, 0.25) is 0 Å². The molecule has 7 rings (SSSR count). The van der Waals surface area contributed by atoms with Crippen LogP contribution in [0, 0.1) is 5.92 Å². The number of hydrogen-bond donors (Lipinski definition) is 2. The fourth-order valence-electron chi connectivity index (χ4n) is 6.13. The van der Waals surface area contributed by atoms with Gasteiger partial charge in [0.05, 0.1) is 24.8 Å². The zero-order chi connectivity index (χ0) is 27.0. The molecule has 2 N–H and O–H groups in total. The van der Waals surface area contributed by atoms with Crippen molar-refractivity contribution in [1.29, 1.82) is 0 Å². The van der Waals surface area contributed by atoms with E-state index in [1.54, 1.807) is 0 Å². The molecule has 8 heteroatoms. The van der Waals surface area contributed by atoms with Gasteiger partial charge in [-0.2, -0.15) is 5.10 Å². The number of carbonyl (C=O) groups is 2. The average molecular weight is 530 g/mol. The van der Waals surface area contributed by atoms with Crippen LogP contribution in [0.25, 0.3) is 11.1 Å². The molecule has 8 nitrogen and oxygen atoms in total. The van der Waals surface area contributed by atoms with E-state index in [0.29, 0.717) is 18.3 Å². The molecular formula is C31H35N3O5. The second-order valence-corrected chi connectivity index (χ2v) is 11.5. The third-order valence-electron chi connectivity index (χ3n) is 8.80. The summed E-state index contributed by atoms with van der Waals surface area (Å²) in [5, 5.41) is 16.9. The van der Waals surface area contributed by atoms with Crippen molar-refractivity contribution in [2.75, 3.05) is 11.9 Å². The van der Waals surface area contributed by atoms with Gasteiger partial charge in [0.25, 0.3) is 0 Å². The van der Waals surface area contributed by atoms with Gasteiger partial charge in [0, 0.05) is 17.5 Å². The molecular weight excluding hydrogens is 494 g/mol. The van der Waals surface area contributed by atoms with Crippen LogP contribution in [0.4, 0.5) is 10.6 Å². The maximum atomic E-state index is 12.9. The number of carboxylic acids is 1. The number of anilines is 1. The van der Waals surface area contributed by atoms with Gasteiger partial charge < -0.3 is 14.6 Å². The number of aliphatic carboxylic acids is 1. The average Bonchev–Trinajstić information content (AvgIpc) is 3.69. The first-order valence-corrected chi connectivity index (χ1v) is 13.9. The lowest BCUT2D eigenvalue weighted by molar-refractivity contribution is -0.174. The van der Waals surface area contributed by atoms with Gasteiger partial charge in [-0.15, -0.1) is 0 Å². The highest BCUT2D eigenvalue weighted by Gasteiger charge is 2.51. The Balaban J connectivity index is 1.20. The van der Waals surface area contributed by atoms with Crippen LogP contribution >= 0.6 is 0 Å². The van der Waals surface area contributed by atoms with Gasteiger partial charge in [0.1, 0.15) is 11.9 Å². The van der Waals surface area contributed by atoms with E-state index in [1.807, 2.05) is 48.1 Å². The van der Waals surface area contributed by atoms with Crippen LogP contribution in [-0.2, 0) is 26.2 Å². The number of nitrogens with zero attached hydrogens (tertiary/aromatic N) is 2. The Morgan fingerprint density at radius 3 is 2.44 bits per heavy atom. The maximum Gasteiger partial charge on any atom is 0.413 e. The van der Waals surface area contributed by atoms with Gasteiger partial charge in [0.15, 0.2) is 0 Å². The minimum absolute atomic E-state index is 0.0760. The van der Waals surface area contributed by atoms with Crippen molar-refractivity contribution in [2.24, 2.45) is 5.92 Å². The lowest BCUT2D eigenvalue weighted by atomic mass is 9.62. The van der Waals surface area contributed by atoms with Crippen LogP contribution < -0.4 is 5.32 Å². The molecule has 3 heterocycles. The van der Waals surface area contributed by atoms with Crippen LogP contribution in [0.3, 0.4) is 0 Å². The number of ether oxygens (including phenoxy) is 2. The van der Waals surface area contributed by atoms with Gasteiger partial charge in [-0.3, -0.25) is 10.1 Å². The Morgan fingerprint density at radius 2 is 1.82 bits per heavy atom. The molecule has 1 amide bonds. The molecule has 1 aromatic heterocycles. The highest BCUT2D eigenvalue weighted by Crippen LogP contribution is 2.51. The second-order valence-electron chi connectivity index (χ2n) is 11.5. The normalized spacial score (nSPS) is 24.7. The summed E-state index contributed by atoms with van der Waals surface area (Å²) in [6.07, 6.45) is 6.76. The van der Waals surface area contributed by atoms with Crippen molar-refractivity contribution < 1.29 is 24.2 Å². The van der Waals surface area contributed by atoms with Crippen molar-refractivity contribution in [1.82, 2.24) is 9.78 Å². The van der Waals surface area contributed by atoms with E-state index in [2.05, 4.69) is 34.7 Å². The smallest absolute Gasteiger partial charge is 0.413 e. The van der Waals surface area contributed by atoms with E-state index in [1.165, 1.54) is 18.4 Å². The Hall–Kier alpha value is -3.65. The molecule has 1 unspecified atom stereocenters. The molecule has 3 aromatic rings. The van der Waals surface area contributed by atoms with E-state index in [-0.39, 0.29) is 17.9 Å². The van der Waals surface area contributed by atoms with E-state index in [0.717, 1.165) is 48.9 Å². The molecule has 2 bridgehead atoms. The first kappa shape index (κ1) is 25.6. The van der Waals surface area contributed by atoms with Gasteiger partial charge in [-0.05, 0) is 68.1 Å². The number of nitrogens with one attached hydrogen (secondary N) is 1. The highest BCUT2D eigenvalue weighted by atomic mass is 16.6. The number of carbonyl (C=O) groups excluding carboxylic acids is 1. The van der Waals surface area contributed by atoms with Crippen molar-refractivity contribution in [3.05, 3.63) is 71.9 Å². The van der Waals surface area contributed by atoms with Crippen LogP contribution in [-0.4, -0.2) is 39.2 Å². The molecule has 204 valence electrons. The number of benzene rings is 2. The predicted octanol–water partition coefficient (Wildman–Crippen LogP) is 6.33. The Kier molecular flexibility index (Phi) is 6.67. The summed E-state index contributed by atoms with van der Waals surface area (Å²) in [6.45, 7) is 3.18. The van der Waals surface area contributed by atoms with E-state index in [9.17, 15) is 14.7 Å². The highest BCUT2D eigenvalue weighted by molar-refractivity contribution is 5.90. The molecule has 2 aliphatic heterocycles. The number of amides is 1. The van der Waals surface area contributed by atoms with Crippen molar-refractivity contribution >= 4 is 17.9 Å². The third-order valence-corrected chi connectivity index (χ3v) is 8.80. The largest absolute Gasteiger partial charge is 0.481 e. The topological polar surface area (TPSA) is 103 Å². The van der Waals surface area contributed by atoms with Crippen LogP contribution in [0.1, 0.15) is 69.1 Å². The summed E-state index contributed by atoms with van der Waals surface area (Å²) < 4.78 is 13.7.